The molecule has 0 aliphatic carbocycles. The number of carbonyl (C=O) groups is 1. The van der Waals surface area contributed by atoms with E-state index in [1.165, 1.54) is 6.07 Å². The number of ether oxygens (including phenoxy) is 1. The molecule has 1 heterocycles. The third-order valence-electron chi connectivity index (χ3n) is 2.46. The second-order valence-corrected chi connectivity index (χ2v) is 3.53. The van der Waals surface area contributed by atoms with Crippen LogP contribution >= 0.6 is 0 Å². The highest BCUT2D eigenvalue weighted by atomic mass is 19.2. The monoisotopic (exact) mass is 227 g/mol. The van der Waals surface area contributed by atoms with Gasteiger partial charge in [-0.2, -0.15) is 0 Å². The SMILES string of the molecule is O=C(c1ccc(F)c(F)c1)N1CCOCC1. The molecule has 1 fully saturated rings. The minimum Gasteiger partial charge on any atom is -0.378 e. The van der Waals surface area contributed by atoms with Crippen LogP contribution in [-0.2, 0) is 4.74 Å². The van der Waals surface area contributed by atoms with Crippen molar-refractivity contribution in [3.63, 3.8) is 0 Å². The van der Waals surface area contributed by atoms with Gasteiger partial charge in [-0.1, -0.05) is 0 Å². The van der Waals surface area contributed by atoms with Crippen LogP contribution in [0.5, 0.6) is 0 Å². The van der Waals surface area contributed by atoms with Crippen molar-refractivity contribution in [1.82, 2.24) is 4.90 Å². The average molecular weight is 227 g/mol. The van der Waals surface area contributed by atoms with Crippen molar-refractivity contribution >= 4 is 5.91 Å². The quantitative estimate of drug-likeness (QED) is 0.726. The van der Waals surface area contributed by atoms with Gasteiger partial charge in [0.15, 0.2) is 11.6 Å². The number of halogens is 2. The maximum absolute atomic E-state index is 12.9. The molecule has 2 rings (SSSR count). The molecule has 16 heavy (non-hydrogen) atoms. The van der Waals surface area contributed by atoms with Gasteiger partial charge in [0.1, 0.15) is 0 Å². The van der Waals surface area contributed by atoms with Crippen LogP contribution in [0.4, 0.5) is 8.78 Å². The van der Waals surface area contributed by atoms with Crippen LogP contribution in [0.2, 0.25) is 0 Å². The van der Waals surface area contributed by atoms with Crippen molar-refractivity contribution in [1.29, 1.82) is 0 Å². The summed E-state index contributed by atoms with van der Waals surface area (Å²) >= 11 is 0. The van der Waals surface area contributed by atoms with E-state index in [2.05, 4.69) is 0 Å². The topological polar surface area (TPSA) is 29.5 Å². The molecule has 1 aliphatic rings. The molecular weight excluding hydrogens is 216 g/mol. The number of morpholine rings is 1. The first-order valence-corrected chi connectivity index (χ1v) is 5.00. The van der Waals surface area contributed by atoms with Gasteiger partial charge in [0.2, 0.25) is 0 Å². The lowest BCUT2D eigenvalue weighted by Gasteiger charge is -2.26. The number of hydrogen-bond acceptors (Lipinski definition) is 2. The van der Waals surface area contributed by atoms with Crippen LogP contribution in [0.1, 0.15) is 10.4 Å². The first-order valence-electron chi connectivity index (χ1n) is 5.00. The molecule has 86 valence electrons. The minimum absolute atomic E-state index is 0.167. The number of carbonyl (C=O) groups excluding carboxylic acids is 1. The molecule has 1 amide bonds. The molecule has 5 heteroatoms. The second-order valence-electron chi connectivity index (χ2n) is 3.53. The Morgan fingerprint density at radius 1 is 1.19 bits per heavy atom. The minimum atomic E-state index is -1.00. The smallest absolute Gasteiger partial charge is 0.254 e. The summed E-state index contributed by atoms with van der Waals surface area (Å²) in [6.07, 6.45) is 0. The van der Waals surface area contributed by atoms with Gasteiger partial charge in [-0.15, -0.1) is 0 Å². The van der Waals surface area contributed by atoms with Crippen molar-refractivity contribution < 1.29 is 18.3 Å². The Labute approximate surface area is 91.6 Å². The molecule has 3 nitrogen and oxygen atoms in total. The highest BCUT2D eigenvalue weighted by Gasteiger charge is 2.19. The van der Waals surface area contributed by atoms with Crippen LogP contribution in [-0.4, -0.2) is 37.1 Å². The van der Waals surface area contributed by atoms with E-state index in [4.69, 9.17) is 4.74 Å². The van der Waals surface area contributed by atoms with E-state index in [0.29, 0.717) is 26.3 Å². The van der Waals surface area contributed by atoms with E-state index < -0.39 is 11.6 Å². The number of nitrogens with zero attached hydrogens (tertiary/aromatic N) is 1. The standard InChI is InChI=1S/C11H11F2NO2/c12-9-2-1-8(7-10(9)13)11(15)14-3-5-16-6-4-14/h1-2,7H,3-6H2. The largest absolute Gasteiger partial charge is 0.378 e. The fraction of sp³-hybridized carbons (Fsp3) is 0.364. The molecule has 0 saturated carbocycles. The van der Waals surface area contributed by atoms with E-state index in [1.807, 2.05) is 0 Å². The molecular formula is C11H11F2NO2. The normalized spacial score (nSPS) is 16.2. The van der Waals surface area contributed by atoms with Crippen LogP contribution in [0.15, 0.2) is 18.2 Å². The highest BCUT2D eigenvalue weighted by molar-refractivity contribution is 5.94. The highest BCUT2D eigenvalue weighted by Crippen LogP contribution is 2.12. The van der Waals surface area contributed by atoms with Gasteiger partial charge < -0.3 is 9.64 Å². The van der Waals surface area contributed by atoms with Gasteiger partial charge in [-0.05, 0) is 18.2 Å². The molecule has 0 bridgehead atoms. The molecule has 1 aromatic rings. The summed E-state index contributed by atoms with van der Waals surface area (Å²) in [5, 5.41) is 0. The van der Waals surface area contributed by atoms with Crippen LogP contribution in [0, 0.1) is 11.6 Å². The number of benzene rings is 1. The molecule has 1 aliphatic heterocycles. The van der Waals surface area contributed by atoms with Crippen molar-refractivity contribution in [2.45, 2.75) is 0 Å². The van der Waals surface area contributed by atoms with E-state index in [9.17, 15) is 13.6 Å². The van der Waals surface area contributed by atoms with Crippen LogP contribution in [0.3, 0.4) is 0 Å². The van der Waals surface area contributed by atoms with Gasteiger partial charge in [0.25, 0.3) is 5.91 Å². The molecule has 0 unspecified atom stereocenters. The van der Waals surface area contributed by atoms with Gasteiger partial charge in [-0.25, -0.2) is 8.78 Å². The van der Waals surface area contributed by atoms with Gasteiger partial charge >= 0.3 is 0 Å². The summed E-state index contributed by atoms with van der Waals surface area (Å²) in [4.78, 5) is 13.4. The van der Waals surface area contributed by atoms with E-state index in [1.54, 1.807) is 4.90 Å². The lowest BCUT2D eigenvalue weighted by molar-refractivity contribution is 0.0302. The third kappa shape index (κ3) is 2.19. The number of amides is 1. The Morgan fingerprint density at radius 3 is 2.50 bits per heavy atom. The van der Waals surface area contributed by atoms with Crippen molar-refractivity contribution in [2.75, 3.05) is 26.3 Å². The summed E-state index contributed by atoms with van der Waals surface area (Å²) in [7, 11) is 0. The predicted octanol–water partition coefficient (Wildman–Crippen LogP) is 1.44. The molecule has 0 radical (unpaired) electrons. The zero-order valence-electron chi connectivity index (χ0n) is 8.58. The molecule has 0 N–H and O–H groups in total. The Hall–Kier alpha value is -1.49. The molecule has 1 aromatic carbocycles. The van der Waals surface area contributed by atoms with E-state index in [-0.39, 0.29) is 11.5 Å². The Kier molecular flexibility index (Phi) is 3.14. The van der Waals surface area contributed by atoms with Crippen LogP contribution < -0.4 is 0 Å². The summed E-state index contributed by atoms with van der Waals surface area (Å²) in [5.74, 6) is -2.24. The Morgan fingerprint density at radius 2 is 1.88 bits per heavy atom. The maximum Gasteiger partial charge on any atom is 0.254 e. The number of hydrogen-bond donors (Lipinski definition) is 0. The Balaban J connectivity index is 2.16. The zero-order valence-corrected chi connectivity index (χ0v) is 8.58. The molecule has 0 atom stereocenters. The molecule has 1 saturated heterocycles. The third-order valence-corrected chi connectivity index (χ3v) is 2.46. The second kappa shape index (κ2) is 4.57. The lowest BCUT2D eigenvalue weighted by atomic mass is 10.2. The van der Waals surface area contributed by atoms with Gasteiger partial charge in [0.05, 0.1) is 13.2 Å². The fourth-order valence-electron chi connectivity index (χ4n) is 1.58. The maximum atomic E-state index is 12.9. The fourth-order valence-corrected chi connectivity index (χ4v) is 1.58. The zero-order chi connectivity index (χ0) is 11.5. The molecule has 0 aromatic heterocycles. The lowest BCUT2D eigenvalue weighted by Crippen LogP contribution is -2.40. The number of rotatable bonds is 1. The Bertz CT molecular complexity index is 403. The van der Waals surface area contributed by atoms with Crippen molar-refractivity contribution in [2.24, 2.45) is 0 Å². The van der Waals surface area contributed by atoms with Crippen molar-refractivity contribution in [3.8, 4) is 0 Å². The predicted molar refractivity (Wildman–Crippen MR) is 53.1 cm³/mol. The van der Waals surface area contributed by atoms with Gasteiger partial charge in [0, 0.05) is 18.7 Å². The summed E-state index contributed by atoms with van der Waals surface area (Å²) < 4.78 is 30.7. The summed E-state index contributed by atoms with van der Waals surface area (Å²) in [5.41, 5.74) is 0.167. The van der Waals surface area contributed by atoms with E-state index in [0.717, 1.165) is 12.1 Å². The summed E-state index contributed by atoms with van der Waals surface area (Å²) in [6, 6.07) is 3.17. The first kappa shape index (κ1) is 11.0. The average Bonchev–Trinajstić information content (AvgIpc) is 2.33. The van der Waals surface area contributed by atoms with Crippen molar-refractivity contribution in [3.05, 3.63) is 35.4 Å². The summed E-state index contributed by atoms with van der Waals surface area (Å²) in [6.45, 7) is 1.93. The van der Waals surface area contributed by atoms with Crippen LogP contribution in [0.25, 0.3) is 0 Å². The molecule has 0 spiro atoms. The first-order chi connectivity index (χ1) is 7.68. The van der Waals surface area contributed by atoms with E-state index >= 15 is 0 Å². The van der Waals surface area contributed by atoms with Gasteiger partial charge in [-0.3, -0.25) is 4.79 Å².